The molecule has 2 amide bonds. The number of imide groups is 1. The molecule has 0 saturated carbocycles. The molecule has 1 fully saturated rings. The fraction of sp³-hybridized carbons (Fsp3) is 0.308. The number of hydrogen-bond donors (Lipinski definition) is 1. The Kier molecular flexibility index (Phi) is 3.99. The van der Waals surface area contributed by atoms with E-state index >= 15 is 0 Å². The van der Waals surface area contributed by atoms with E-state index in [1.165, 1.54) is 0 Å². The van der Waals surface area contributed by atoms with Crippen molar-refractivity contribution in [2.45, 2.75) is 12.8 Å². The topological polar surface area (TPSA) is 74.7 Å². The van der Waals surface area contributed by atoms with Crippen LogP contribution in [0.4, 0.5) is 0 Å². The van der Waals surface area contributed by atoms with Crippen LogP contribution in [-0.2, 0) is 20.8 Å². The number of halogens is 1. The van der Waals surface area contributed by atoms with Crippen LogP contribution in [0.15, 0.2) is 28.7 Å². The molecule has 6 heteroatoms. The van der Waals surface area contributed by atoms with Gasteiger partial charge in [-0.2, -0.15) is 0 Å². The lowest BCUT2D eigenvalue weighted by Gasteiger charge is -2.14. The van der Waals surface area contributed by atoms with Crippen LogP contribution >= 0.6 is 15.9 Å². The maximum absolute atomic E-state index is 12.0. The number of carbonyl (C=O) groups excluding carboxylic acids is 2. The van der Waals surface area contributed by atoms with Gasteiger partial charge in [-0.15, -0.1) is 0 Å². The maximum atomic E-state index is 12.0. The molecule has 1 unspecified atom stereocenters. The quantitative estimate of drug-likeness (QED) is 0.912. The van der Waals surface area contributed by atoms with Crippen molar-refractivity contribution in [3.8, 4) is 0 Å². The first-order valence-electron chi connectivity index (χ1n) is 5.78. The van der Waals surface area contributed by atoms with E-state index in [0.717, 1.165) is 14.9 Å². The highest BCUT2D eigenvalue weighted by Crippen LogP contribution is 2.20. The third-order valence-electron chi connectivity index (χ3n) is 3.02. The minimum absolute atomic E-state index is 0.0268. The molecular formula is C13H12BrNO4. The first-order valence-corrected chi connectivity index (χ1v) is 6.57. The second kappa shape index (κ2) is 5.52. The van der Waals surface area contributed by atoms with Crippen molar-refractivity contribution in [2.24, 2.45) is 5.92 Å². The van der Waals surface area contributed by atoms with Gasteiger partial charge in [0.05, 0.1) is 12.3 Å². The zero-order valence-corrected chi connectivity index (χ0v) is 11.6. The number of hydrogen-bond acceptors (Lipinski definition) is 3. The lowest BCUT2D eigenvalue weighted by molar-refractivity contribution is -0.141. The molecule has 0 spiro atoms. The van der Waals surface area contributed by atoms with Crippen LogP contribution in [0.3, 0.4) is 0 Å². The minimum atomic E-state index is -1.04. The van der Waals surface area contributed by atoms with Gasteiger partial charge < -0.3 is 5.11 Å². The Morgan fingerprint density at radius 2 is 2.16 bits per heavy atom. The van der Waals surface area contributed by atoms with Crippen molar-refractivity contribution in [3.63, 3.8) is 0 Å². The van der Waals surface area contributed by atoms with Gasteiger partial charge in [0.1, 0.15) is 0 Å². The third kappa shape index (κ3) is 3.20. The maximum Gasteiger partial charge on any atom is 0.308 e. The van der Waals surface area contributed by atoms with Crippen LogP contribution in [0, 0.1) is 5.92 Å². The van der Waals surface area contributed by atoms with Gasteiger partial charge in [0.15, 0.2) is 0 Å². The van der Waals surface area contributed by atoms with Crippen molar-refractivity contribution in [2.75, 3.05) is 6.54 Å². The summed E-state index contributed by atoms with van der Waals surface area (Å²) < 4.78 is 0.856. The Bertz CT molecular complexity index is 543. The lowest BCUT2D eigenvalue weighted by atomic mass is 10.1. The number of nitrogens with zero attached hydrogens (tertiary/aromatic N) is 1. The van der Waals surface area contributed by atoms with Crippen LogP contribution in [0.1, 0.15) is 12.0 Å². The molecule has 1 aromatic rings. The molecule has 0 aliphatic carbocycles. The van der Waals surface area contributed by atoms with Crippen LogP contribution in [-0.4, -0.2) is 34.3 Å². The molecule has 1 N–H and O–H groups in total. The molecule has 1 aliphatic rings. The number of rotatable bonds is 3. The highest BCUT2D eigenvalue weighted by atomic mass is 79.9. The molecule has 0 radical (unpaired) electrons. The number of carboxylic acid groups (broad SMARTS) is 1. The molecule has 1 atom stereocenters. The van der Waals surface area contributed by atoms with Crippen LogP contribution in [0.25, 0.3) is 0 Å². The summed E-state index contributed by atoms with van der Waals surface area (Å²) >= 11 is 3.31. The summed E-state index contributed by atoms with van der Waals surface area (Å²) in [6, 6.07) is 7.24. The molecule has 1 heterocycles. The Hall–Kier alpha value is -1.69. The van der Waals surface area contributed by atoms with Crippen molar-refractivity contribution in [1.29, 1.82) is 0 Å². The van der Waals surface area contributed by atoms with E-state index in [4.69, 9.17) is 5.11 Å². The van der Waals surface area contributed by atoms with E-state index in [1.807, 2.05) is 6.07 Å². The molecule has 1 saturated heterocycles. The van der Waals surface area contributed by atoms with Gasteiger partial charge in [0, 0.05) is 17.4 Å². The van der Waals surface area contributed by atoms with Crippen LogP contribution < -0.4 is 0 Å². The molecule has 1 aromatic carbocycles. The number of likely N-dealkylation sites (tertiary alicyclic amines) is 1. The Morgan fingerprint density at radius 1 is 1.42 bits per heavy atom. The van der Waals surface area contributed by atoms with Gasteiger partial charge in [-0.25, -0.2) is 0 Å². The van der Waals surface area contributed by atoms with Crippen LogP contribution in [0.2, 0.25) is 0 Å². The molecule has 19 heavy (non-hydrogen) atoms. The second-order valence-corrected chi connectivity index (χ2v) is 5.36. The van der Waals surface area contributed by atoms with Gasteiger partial charge in [-0.1, -0.05) is 28.1 Å². The number of aliphatic carboxylic acids is 1. The zero-order chi connectivity index (χ0) is 14.0. The molecule has 0 bridgehead atoms. The van der Waals surface area contributed by atoms with E-state index in [-0.39, 0.29) is 25.3 Å². The first-order chi connectivity index (χ1) is 8.97. The SMILES string of the molecule is O=C(O)C1CC(=O)N(C(=O)Cc2cccc(Br)c2)C1. The van der Waals surface area contributed by atoms with Gasteiger partial charge >= 0.3 is 5.97 Å². The zero-order valence-electron chi connectivity index (χ0n) is 10.0. The summed E-state index contributed by atoms with van der Waals surface area (Å²) in [4.78, 5) is 35.5. The Balaban J connectivity index is 2.05. The number of carbonyl (C=O) groups is 3. The molecular weight excluding hydrogens is 314 g/mol. The summed E-state index contributed by atoms with van der Waals surface area (Å²) in [5, 5.41) is 8.86. The van der Waals surface area contributed by atoms with E-state index in [9.17, 15) is 14.4 Å². The average molecular weight is 326 g/mol. The Labute approximate surface area is 118 Å². The summed E-state index contributed by atoms with van der Waals surface area (Å²) in [6.45, 7) is -0.0268. The molecule has 1 aliphatic heterocycles. The lowest BCUT2D eigenvalue weighted by Crippen LogP contribution is -2.34. The van der Waals surface area contributed by atoms with E-state index in [1.54, 1.807) is 18.2 Å². The van der Waals surface area contributed by atoms with Crippen molar-refractivity contribution >= 4 is 33.7 Å². The van der Waals surface area contributed by atoms with Crippen molar-refractivity contribution in [1.82, 2.24) is 4.90 Å². The monoisotopic (exact) mass is 325 g/mol. The highest BCUT2D eigenvalue weighted by Gasteiger charge is 2.37. The fourth-order valence-corrected chi connectivity index (χ4v) is 2.48. The van der Waals surface area contributed by atoms with E-state index in [2.05, 4.69) is 15.9 Å². The van der Waals surface area contributed by atoms with E-state index in [0.29, 0.717) is 0 Å². The second-order valence-electron chi connectivity index (χ2n) is 4.44. The Morgan fingerprint density at radius 3 is 2.74 bits per heavy atom. The average Bonchev–Trinajstić information content (AvgIpc) is 2.71. The van der Waals surface area contributed by atoms with Gasteiger partial charge in [-0.3, -0.25) is 19.3 Å². The molecule has 100 valence electrons. The van der Waals surface area contributed by atoms with Crippen molar-refractivity contribution < 1.29 is 19.5 Å². The first kappa shape index (κ1) is 13.7. The van der Waals surface area contributed by atoms with Gasteiger partial charge in [0.25, 0.3) is 0 Å². The number of amides is 2. The highest BCUT2D eigenvalue weighted by molar-refractivity contribution is 9.10. The van der Waals surface area contributed by atoms with Gasteiger partial charge in [0.2, 0.25) is 11.8 Å². The van der Waals surface area contributed by atoms with Crippen LogP contribution in [0.5, 0.6) is 0 Å². The molecule has 5 nitrogen and oxygen atoms in total. The summed E-state index contributed by atoms with van der Waals surface area (Å²) in [6.07, 6.45) is -0.00290. The smallest absolute Gasteiger partial charge is 0.308 e. The van der Waals surface area contributed by atoms with Gasteiger partial charge in [-0.05, 0) is 17.7 Å². The largest absolute Gasteiger partial charge is 0.481 e. The number of benzene rings is 1. The standard InChI is InChI=1S/C13H12BrNO4/c14-10-3-1-2-8(4-10)5-11(16)15-7-9(13(18)19)6-12(15)17/h1-4,9H,5-7H2,(H,18,19). The fourth-order valence-electron chi connectivity index (χ4n) is 2.03. The number of carboxylic acids is 1. The third-order valence-corrected chi connectivity index (χ3v) is 3.51. The predicted octanol–water partition coefficient (Wildman–Crippen LogP) is 1.45. The normalized spacial score (nSPS) is 18.7. The minimum Gasteiger partial charge on any atom is -0.481 e. The predicted molar refractivity (Wildman–Crippen MR) is 70.3 cm³/mol. The van der Waals surface area contributed by atoms with Crippen molar-refractivity contribution in [3.05, 3.63) is 34.3 Å². The van der Waals surface area contributed by atoms with E-state index < -0.39 is 17.8 Å². The summed E-state index contributed by atoms with van der Waals surface area (Å²) in [5.41, 5.74) is 0.783. The molecule has 2 rings (SSSR count). The summed E-state index contributed by atoms with van der Waals surface area (Å²) in [5.74, 6) is -2.58. The summed E-state index contributed by atoms with van der Waals surface area (Å²) in [7, 11) is 0. The molecule has 0 aromatic heterocycles.